The van der Waals surface area contributed by atoms with Crippen molar-refractivity contribution in [1.29, 1.82) is 0 Å². The Kier molecular flexibility index (Phi) is 8.17. The van der Waals surface area contributed by atoms with E-state index in [1.807, 2.05) is 37.3 Å². The molecule has 2 heterocycles. The molecule has 2 aromatic heterocycles. The van der Waals surface area contributed by atoms with Crippen molar-refractivity contribution in [3.63, 3.8) is 0 Å². The molecule has 0 fully saturated rings. The second kappa shape index (κ2) is 11.5. The maximum absolute atomic E-state index is 13.3. The number of nitrogens with zero attached hydrogens (tertiary/aromatic N) is 3. The van der Waals surface area contributed by atoms with E-state index in [0.717, 1.165) is 21.5 Å². The van der Waals surface area contributed by atoms with Gasteiger partial charge in [-0.25, -0.2) is 13.4 Å². The van der Waals surface area contributed by atoms with Gasteiger partial charge in [0.25, 0.3) is 0 Å². The lowest BCUT2D eigenvalue weighted by atomic mass is 10.2. The molecule has 0 aliphatic heterocycles. The Labute approximate surface area is 214 Å². The second-order valence-electron chi connectivity index (χ2n) is 8.00. The number of carbonyl (C=O) groups excluding carboxylic acids is 1. The van der Waals surface area contributed by atoms with Crippen molar-refractivity contribution in [1.82, 2.24) is 9.97 Å². The third-order valence-electron chi connectivity index (χ3n) is 5.48. The lowest BCUT2D eigenvalue weighted by Crippen LogP contribution is -2.30. The lowest BCUT2D eigenvalue weighted by Gasteiger charge is -2.20. The van der Waals surface area contributed by atoms with Gasteiger partial charge in [0.05, 0.1) is 41.1 Å². The van der Waals surface area contributed by atoms with E-state index in [0.29, 0.717) is 17.5 Å². The van der Waals surface area contributed by atoms with Crippen molar-refractivity contribution in [2.75, 3.05) is 24.4 Å². The van der Waals surface area contributed by atoms with Crippen LogP contribution in [0.15, 0.2) is 71.9 Å². The number of sulfone groups is 1. The highest BCUT2D eigenvalue weighted by Crippen LogP contribution is 2.33. The number of fused-ring (bicyclic) bond motifs is 1. The van der Waals surface area contributed by atoms with Gasteiger partial charge in [-0.15, -0.1) is 0 Å². The Morgan fingerprint density at radius 2 is 1.86 bits per heavy atom. The molecule has 0 aliphatic rings. The minimum atomic E-state index is -3.52. The van der Waals surface area contributed by atoms with Crippen LogP contribution in [-0.4, -0.2) is 43.8 Å². The lowest BCUT2D eigenvalue weighted by molar-refractivity contribution is -0.118. The van der Waals surface area contributed by atoms with Crippen LogP contribution in [0, 0.1) is 0 Å². The fourth-order valence-electron chi connectivity index (χ4n) is 3.65. The number of rotatable bonds is 11. The average molecular weight is 526 g/mol. The van der Waals surface area contributed by atoms with Crippen molar-refractivity contribution >= 4 is 42.4 Å². The molecule has 0 spiro atoms. The molecule has 0 atom stereocenters. The van der Waals surface area contributed by atoms with Gasteiger partial charge in [-0.2, -0.15) is 0 Å². The summed E-state index contributed by atoms with van der Waals surface area (Å²) in [5, 5.41) is 0.547. The van der Waals surface area contributed by atoms with E-state index >= 15 is 0 Å². The summed E-state index contributed by atoms with van der Waals surface area (Å²) in [6, 6.07) is 15.6. The monoisotopic (exact) mass is 525 g/mol. The number of hydrogen-bond acceptors (Lipinski definition) is 8. The minimum Gasteiger partial charge on any atom is -0.497 e. The molecule has 0 bridgehead atoms. The Morgan fingerprint density at radius 1 is 1.08 bits per heavy atom. The zero-order chi connectivity index (χ0) is 25.5. The molecule has 4 aromatic rings. The highest BCUT2D eigenvalue weighted by Gasteiger charge is 2.22. The van der Waals surface area contributed by atoms with E-state index in [9.17, 15) is 13.2 Å². The number of methoxy groups -OCH3 is 1. The number of pyridine rings is 1. The molecule has 8 nitrogen and oxygen atoms in total. The first-order valence-corrected chi connectivity index (χ1v) is 14.0. The van der Waals surface area contributed by atoms with Gasteiger partial charge < -0.3 is 9.47 Å². The zero-order valence-electron chi connectivity index (χ0n) is 20.1. The molecule has 0 saturated heterocycles. The Balaban J connectivity index is 1.51. The quantitative estimate of drug-likeness (QED) is 0.275. The summed E-state index contributed by atoms with van der Waals surface area (Å²) >= 11 is 1.40. The molecule has 0 N–H and O–H groups in total. The Bertz CT molecular complexity index is 1420. The third kappa shape index (κ3) is 6.19. The highest BCUT2D eigenvalue weighted by molar-refractivity contribution is 7.91. The number of benzene rings is 2. The van der Waals surface area contributed by atoms with Crippen LogP contribution >= 0.6 is 11.3 Å². The van der Waals surface area contributed by atoms with Crippen molar-refractivity contribution < 1.29 is 22.7 Å². The number of hydrogen-bond donors (Lipinski definition) is 0. The molecule has 0 radical (unpaired) electrons. The summed E-state index contributed by atoms with van der Waals surface area (Å²) in [4.78, 5) is 24.0. The molecule has 0 saturated carbocycles. The van der Waals surface area contributed by atoms with Gasteiger partial charge in [0.1, 0.15) is 11.5 Å². The van der Waals surface area contributed by atoms with Gasteiger partial charge in [-0.3, -0.25) is 14.7 Å². The molecular weight excluding hydrogens is 498 g/mol. The maximum atomic E-state index is 13.3. The molecule has 0 unspecified atom stereocenters. The van der Waals surface area contributed by atoms with Gasteiger partial charge in [-0.05, 0) is 67.4 Å². The molecule has 36 heavy (non-hydrogen) atoms. The number of ether oxygens (including phenoxy) is 2. The fraction of sp³-hybridized carbons (Fsp3) is 0.269. The van der Waals surface area contributed by atoms with Crippen LogP contribution in [0.4, 0.5) is 5.13 Å². The Morgan fingerprint density at radius 3 is 2.56 bits per heavy atom. The number of amides is 1. The van der Waals surface area contributed by atoms with E-state index in [2.05, 4.69) is 9.97 Å². The van der Waals surface area contributed by atoms with E-state index < -0.39 is 9.84 Å². The third-order valence-corrected chi connectivity index (χ3v) is 8.33. The van der Waals surface area contributed by atoms with Gasteiger partial charge in [0.2, 0.25) is 5.91 Å². The average Bonchev–Trinajstić information content (AvgIpc) is 3.31. The standard InChI is InChI=1S/C26H27N3O5S2/c1-3-34-21-10-13-23-24(16-21)35-26(28-23)29(18-19-6-4-14-27-17-19)25(30)7-5-15-36(31,32)22-11-8-20(33-2)9-12-22/h4,6,8-14,16-17H,3,5,7,15,18H2,1-2H3. The van der Waals surface area contributed by atoms with Crippen LogP contribution in [-0.2, 0) is 21.2 Å². The molecule has 2 aromatic carbocycles. The van der Waals surface area contributed by atoms with Crippen LogP contribution in [0.3, 0.4) is 0 Å². The summed E-state index contributed by atoms with van der Waals surface area (Å²) in [6.45, 7) is 2.77. The van der Waals surface area contributed by atoms with E-state index in [-0.39, 0.29) is 35.9 Å². The fourth-order valence-corrected chi connectivity index (χ4v) is 5.97. The van der Waals surface area contributed by atoms with Gasteiger partial charge in [0.15, 0.2) is 15.0 Å². The largest absolute Gasteiger partial charge is 0.497 e. The molecule has 1 amide bonds. The normalized spacial score (nSPS) is 11.4. The first-order chi connectivity index (χ1) is 17.4. The highest BCUT2D eigenvalue weighted by atomic mass is 32.2. The van der Waals surface area contributed by atoms with Crippen LogP contribution < -0.4 is 14.4 Å². The summed E-state index contributed by atoms with van der Waals surface area (Å²) in [6.07, 6.45) is 3.63. The van der Waals surface area contributed by atoms with Crippen LogP contribution in [0.5, 0.6) is 11.5 Å². The van der Waals surface area contributed by atoms with Crippen LogP contribution in [0.2, 0.25) is 0 Å². The number of aromatic nitrogens is 2. The summed E-state index contributed by atoms with van der Waals surface area (Å²) < 4.78 is 37.1. The van der Waals surface area contributed by atoms with Gasteiger partial charge >= 0.3 is 0 Å². The van der Waals surface area contributed by atoms with Crippen molar-refractivity contribution in [3.05, 3.63) is 72.6 Å². The topological polar surface area (TPSA) is 98.7 Å². The smallest absolute Gasteiger partial charge is 0.229 e. The molecule has 10 heteroatoms. The zero-order valence-corrected chi connectivity index (χ0v) is 21.7. The summed E-state index contributed by atoms with van der Waals surface area (Å²) in [5.74, 6) is 0.991. The molecular formula is C26H27N3O5S2. The molecule has 188 valence electrons. The van der Waals surface area contributed by atoms with E-state index in [4.69, 9.17) is 9.47 Å². The summed E-state index contributed by atoms with van der Waals surface area (Å²) in [7, 11) is -2.00. The van der Waals surface area contributed by atoms with Crippen LogP contribution in [0.1, 0.15) is 25.3 Å². The van der Waals surface area contributed by atoms with Crippen molar-refractivity contribution in [3.8, 4) is 11.5 Å². The first-order valence-electron chi connectivity index (χ1n) is 11.5. The van der Waals surface area contributed by atoms with E-state index in [1.54, 1.807) is 29.4 Å². The second-order valence-corrected chi connectivity index (χ2v) is 11.1. The number of anilines is 1. The molecule has 4 rings (SSSR count). The molecule has 0 aliphatic carbocycles. The maximum Gasteiger partial charge on any atom is 0.229 e. The first kappa shape index (κ1) is 25.6. The van der Waals surface area contributed by atoms with Crippen molar-refractivity contribution in [2.45, 2.75) is 31.2 Å². The minimum absolute atomic E-state index is 0.0652. The summed E-state index contributed by atoms with van der Waals surface area (Å²) in [5.41, 5.74) is 1.62. The van der Waals surface area contributed by atoms with E-state index in [1.165, 1.54) is 30.6 Å². The predicted molar refractivity (Wildman–Crippen MR) is 140 cm³/mol. The number of thiazole rings is 1. The van der Waals surface area contributed by atoms with Crippen molar-refractivity contribution in [2.24, 2.45) is 0 Å². The van der Waals surface area contributed by atoms with Gasteiger partial charge in [-0.1, -0.05) is 17.4 Å². The predicted octanol–water partition coefficient (Wildman–Crippen LogP) is 4.89. The van der Waals surface area contributed by atoms with Crippen LogP contribution in [0.25, 0.3) is 10.2 Å². The SMILES string of the molecule is CCOc1ccc2nc(N(Cc3cccnc3)C(=O)CCCS(=O)(=O)c3ccc(OC)cc3)sc2c1. The van der Waals surface area contributed by atoms with Gasteiger partial charge in [0, 0.05) is 18.8 Å². The number of carbonyl (C=O) groups is 1. The Hall–Kier alpha value is -3.50.